The zero-order chi connectivity index (χ0) is 14.0. The highest BCUT2D eigenvalue weighted by atomic mass is 16.5. The molecule has 0 aliphatic carbocycles. The van der Waals surface area contributed by atoms with Gasteiger partial charge in [0.25, 0.3) is 0 Å². The molecule has 0 atom stereocenters. The number of ether oxygens (including phenoxy) is 1. The number of nitrogens with zero attached hydrogens (tertiary/aromatic N) is 3. The molecule has 6 nitrogen and oxygen atoms in total. The molecular formula is C13H18N4O2. The number of nitrogen functional groups attached to an aromatic ring is 1. The molecule has 19 heavy (non-hydrogen) atoms. The Morgan fingerprint density at radius 2 is 2.26 bits per heavy atom. The highest BCUT2D eigenvalue weighted by Crippen LogP contribution is 2.14. The summed E-state index contributed by atoms with van der Waals surface area (Å²) in [4.78, 5) is 11.6. The molecule has 0 aliphatic heterocycles. The van der Waals surface area contributed by atoms with Crippen molar-refractivity contribution in [2.75, 3.05) is 12.8 Å². The molecule has 2 rings (SSSR count). The fourth-order valence-corrected chi connectivity index (χ4v) is 1.86. The van der Waals surface area contributed by atoms with Crippen molar-refractivity contribution in [3.8, 4) is 0 Å². The van der Waals surface area contributed by atoms with Crippen LogP contribution in [0.25, 0.3) is 0 Å². The lowest BCUT2D eigenvalue weighted by Gasteiger charge is -2.06. The smallest absolute Gasteiger partial charge is 0.354 e. The number of hydrogen-bond donors (Lipinski definition) is 1. The van der Waals surface area contributed by atoms with Gasteiger partial charge in [-0.3, -0.25) is 4.68 Å². The SMILES string of the molecule is COC(=O)c1cc(N)cn1Cc1ccn(C(C)C)n1. The van der Waals surface area contributed by atoms with Crippen molar-refractivity contribution >= 4 is 11.7 Å². The van der Waals surface area contributed by atoms with Gasteiger partial charge in [0.2, 0.25) is 0 Å². The number of hydrogen-bond acceptors (Lipinski definition) is 4. The lowest BCUT2D eigenvalue weighted by Crippen LogP contribution is -2.11. The third-order valence-electron chi connectivity index (χ3n) is 2.84. The Labute approximate surface area is 111 Å². The molecule has 0 bridgehead atoms. The van der Waals surface area contributed by atoms with Gasteiger partial charge in [-0.15, -0.1) is 0 Å². The van der Waals surface area contributed by atoms with Gasteiger partial charge in [-0.1, -0.05) is 0 Å². The van der Waals surface area contributed by atoms with Crippen LogP contribution in [0.3, 0.4) is 0 Å². The van der Waals surface area contributed by atoms with E-state index in [4.69, 9.17) is 10.5 Å². The van der Waals surface area contributed by atoms with Gasteiger partial charge in [-0.05, 0) is 26.0 Å². The van der Waals surface area contributed by atoms with Crippen molar-refractivity contribution in [3.63, 3.8) is 0 Å². The summed E-state index contributed by atoms with van der Waals surface area (Å²) in [7, 11) is 1.35. The van der Waals surface area contributed by atoms with E-state index in [1.807, 2.05) is 16.9 Å². The van der Waals surface area contributed by atoms with Crippen LogP contribution in [0, 0.1) is 0 Å². The zero-order valence-electron chi connectivity index (χ0n) is 11.3. The van der Waals surface area contributed by atoms with Crippen molar-refractivity contribution in [2.24, 2.45) is 0 Å². The van der Waals surface area contributed by atoms with Crippen molar-refractivity contribution in [1.29, 1.82) is 0 Å². The molecule has 2 N–H and O–H groups in total. The number of aromatic nitrogens is 3. The first kappa shape index (κ1) is 13.2. The van der Waals surface area contributed by atoms with Crippen molar-refractivity contribution < 1.29 is 9.53 Å². The summed E-state index contributed by atoms with van der Waals surface area (Å²) in [5.74, 6) is -0.403. The minimum Gasteiger partial charge on any atom is -0.464 e. The Kier molecular flexibility index (Phi) is 3.59. The Hall–Kier alpha value is -2.24. The Bertz CT molecular complexity index is 583. The summed E-state index contributed by atoms with van der Waals surface area (Å²) < 4.78 is 8.35. The first-order valence-electron chi connectivity index (χ1n) is 6.09. The van der Waals surface area contributed by atoms with Crippen molar-refractivity contribution in [1.82, 2.24) is 14.3 Å². The van der Waals surface area contributed by atoms with E-state index in [-0.39, 0.29) is 0 Å². The molecule has 0 aliphatic rings. The van der Waals surface area contributed by atoms with E-state index in [1.165, 1.54) is 7.11 Å². The van der Waals surface area contributed by atoms with Gasteiger partial charge in [0, 0.05) is 18.4 Å². The molecule has 0 saturated heterocycles. The van der Waals surface area contributed by atoms with E-state index in [2.05, 4.69) is 18.9 Å². The van der Waals surface area contributed by atoms with Crippen LogP contribution in [0.2, 0.25) is 0 Å². The molecular weight excluding hydrogens is 244 g/mol. The number of anilines is 1. The van der Waals surface area contributed by atoms with E-state index in [0.29, 0.717) is 24.0 Å². The monoisotopic (exact) mass is 262 g/mol. The van der Waals surface area contributed by atoms with E-state index in [9.17, 15) is 4.79 Å². The quantitative estimate of drug-likeness (QED) is 0.851. The first-order valence-corrected chi connectivity index (χ1v) is 6.09. The fourth-order valence-electron chi connectivity index (χ4n) is 1.86. The molecule has 0 radical (unpaired) electrons. The second kappa shape index (κ2) is 5.17. The molecule has 2 aromatic heterocycles. The predicted molar refractivity (Wildman–Crippen MR) is 71.9 cm³/mol. The van der Waals surface area contributed by atoms with E-state index in [0.717, 1.165) is 5.69 Å². The average Bonchev–Trinajstić information content (AvgIpc) is 2.96. The van der Waals surface area contributed by atoms with Gasteiger partial charge in [0.1, 0.15) is 5.69 Å². The molecule has 0 spiro atoms. The van der Waals surface area contributed by atoms with Crippen LogP contribution < -0.4 is 5.73 Å². The summed E-state index contributed by atoms with van der Waals surface area (Å²) >= 11 is 0. The molecule has 2 heterocycles. The lowest BCUT2D eigenvalue weighted by molar-refractivity contribution is 0.0589. The standard InChI is InChI=1S/C13H18N4O2/c1-9(2)17-5-4-11(15-17)8-16-7-10(14)6-12(16)13(18)19-3/h4-7,9H,8,14H2,1-3H3. The highest BCUT2D eigenvalue weighted by Gasteiger charge is 2.14. The molecule has 102 valence electrons. The topological polar surface area (TPSA) is 75.1 Å². The lowest BCUT2D eigenvalue weighted by atomic mass is 10.4. The Morgan fingerprint density at radius 1 is 1.53 bits per heavy atom. The molecule has 6 heteroatoms. The Balaban J connectivity index is 2.24. The predicted octanol–water partition coefficient (Wildman–Crippen LogP) is 1.68. The van der Waals surface area contributed by atoms with Crippen molar-refractivity contribution in [2.45, 2.75) is 26.4 Å². The van der Waals surface area contributed by atoms with Gasteiger partial charge >= 0.3 is 5.97 Å². The van der Waals surface area contributed by atoms with Crippen LogP contribution in [0.1, 0.15) is 36.1 Å². The normalized spacial score (nSPS) is 10.9. The molecule has 0 unspecified atom stereocenters. The number of rotatable bonds is 4. The van der Waals surface area contributed by atoms with Gasteiger partial charge in [-0.25, -0.2) is 4.79 Å². The van der Waals surface area contributed by atoms with Gasteiger partial charge in [0.15, 0.2) is 0 Å². The molecule has 0 amide bonds. The average molecular weight is 262 g/mol. The highest BCUT2D eigenvalue weighted by molar-refractivity contribution is 5.89. The van der Waals surface area contributed by atoms with Crippen LogP contribution in [0.5, 0.6) is 0 Å². The molecule has 2 aromatic rings. The maximum absolute atomic E-state index is 11.6. The molecule has 0 fully saturated rings. The number of carbonyl (C=O) groups is 1. The van der Waals surface area contributed by atoms with E-state index in [1.54, 1.807) is 16.8 Å². The third-order valence-corrected chi connectivity index (χ3v) is 2.84. The first-order chi connectivity index (χ1) is 9.01. The number of esters is 1. The van der Waals surface area contributed by atoms with Crippen LogP contribution in [0.4, 0.5) is 5.69 Å². The molecule has 0 aromatic carbocycles. The minimum absolute atomic E-state index is 0.309. The van der Waals surface area contributed by atoms with Crippen LogP contribution in [-0.4, -0.2) is 27.4 Å². The number of nitrogens with two attached hydrogens (primary N) is 1. The number of carbonyl (C=O) groups excluding carboxylic acids is 1. The summed E-state index contributed by atoms with van der Waals surface area (Å²) in [6.07, 6.45) is 3.63. The maximum Gasteiger partial charge on any atom is 0.354 e. The largest absolute Gasteiger partial charge is 0.464 e. The summed E-state index contributed by atoms with van der Waals surface area (Å²) in [5.41, 5.74) is 7.56. The summed E-state index contributed by atoms with van der Waals surface area (Å²) in [6.45, 7) is 4.61. The van der Waals surface area contributed by atoms with Crippen LogP contribution in [-0.2, 0) is 11.3 Å². The van der Waals surface area contributed by atoms with Crippen LogP contribution >= 0.6 is 0 Å². The number of methoxy groups -OCH3 is 1. The van der Waals surface area contributed by atoms with Crippen LogP contribution in [0.15, 0.2) is 24.5 Å². The van der Waals surface area contributed by atoms with Gasteiger partial charge in [-0.2, -0.15) is 5.10 Å². The van der Waals surface area contributed by atoms with Gasteiger partial charge in [0.05, 0.1) is 25.0 Å². The van der Waals surface area contributed by atoms with E-state index < -0.39 is 5.97 Å². The minimum atomic E-state index is -0.403. The maximum atomic E-state index is 11.6. The van der Waals surface area contributed by atoms with Gasteiger partial charge < -0.3 is 15.0 Å². The molecule has 0 saturated carbocycles. The Morgan fingerprint density at radius 3 is 2.84 bits per heavy atom. The summed E-state index contributed by atoms with van der Waals surface area (Å²) in [5, 5.41) is 4.44. The van der Waals surface area contributed by atoms with E-state index >= 15 is 0 Å². The van der Waals surface area contributed by atoms with Crippen molar-refractivity contribution in [3.05, 3.63) is 35.9 Å². The second-order valence-electron chi connectivity index (χ2n) is 4.66. The zero-order valence-corrected chi connectivity index (χ0v) is 11.3. The second-order valence-corrected chi connectivity index (χ2v) is 4.66. The third kappa shape index (κ3) is 2.78. The fraction of sp³-hybridized carbons (Fsp3) is 0.385. The summed E-state index contributed by atoms with van der Waals surface area (Å²) in [6, 6.07) is 3.84.